The molecule has 0 aromatic carbocycles. The molecule has 2 saturated heterocycles. The van der Waals surface area contributed by atoms with E-state index in [0.29, 0.717) is 0 Å². The monoisotopic (exact) mass is 366 g/mol. The summed E-state index contributed by atoms with van der Waals surface area (Å²) in [7, 11) is 0. The molecule has 6 N–H and O–H groups in total. The van der Waals surface area contributed by atoms with Gasteiger partial charge in [-0.1, -0.05) is 20.8 Å². The fourth-order valence-corrected chi connectivity index (χ4v) is 3.25. The van der Waals surface area contributed by atoms with Crippen LogP contribution in [0.25, 0.3) is 0 Å². The quantitative estimate of drug-likeness (QED) is 0.325. The highest BCUT2D eigenvalue weighted by Gasteiger charge is 2.51. The summed E-state index contributed by atoms with van der Waals surface area (Å²) in [5, 5.41) is 60.0. The molecule has 0 aromatic heterocycles. The first-order valence-electron chi connectivity index (χ1n) is 8.46. The van der Waals surface area contributed by atoms with E-state index in [9.17, 15) is 30.6 Å². The Morgan fingerprint density at radius 2 is 1.44 bits per heavy atom. The molecule has 2 fully saturated rings. The van der Waals surface area contributed by atoms with Gasteiger partial charge in [0.1, 0.15) is 42.7 Å². The molecule has 2 aliphatic heterocycles. The first kappa shape index (κ1) is 20.9. The van der Waals surface area contributed by atoms with E-state index < -0.39 is 73.2 Å². The first-order valence-corrected chi connectivity index (χ1v) is 8.46. The molecule has 9 heteroatoms. The molecule has 2 rings (SSSR count). The van der Waals surface area contributed by atoms with Gasteiger partial charge in [-0.2, -0.15) is 0 Å². The Kier molecular flexibility index (Phi) is 6.46. The number of aliphatic hydroxyl groups excluding tert-OH is 6. The summed E-state index contributed by atoms with van der Waals surface area (Å²) in [6.45, 7) is 6.51. The number of hydrogen-bond acceptors (Lipinski definition) is 9. The van der Waals surface area contributed by atoms with Gasteiger partial charge < -0.3 is 44.8 Å². The Labute approximate surface area is 146 Å². The number of rotatable bonds is 3. The zero-order chi connectivity index (χ0) is 19.1. The zero-order valence-corrected chi connectivity index (χ0v) is 14.9. The summed E-state index contributed by atoms with van der Waals surface area (Å²) in [4.78, 5) is 0. The molecule has 0 amide bonds. The molecule has 148 valence electrons. The van der Waals surface area contributed by atoms with Gasteiger partial charge in [-0.3, -0.25) is 0 Å². The van der Waals surface area contributed by atoms with E-state index in [4.69, 9.17) is 14.2 Å². The summed E-state index contributed by atoms with van der Waals surface area (Å²) < 4.78 is 16.6. The third-order valence-electron chi connectivity index (χ3n) is 4.82. The molecule has 0 aromatic rings. The van der Waals surface area contributed by atoms with Crippen molar-refractivity contribution < 1.29 is 44.8 Å². The Balaban J connectivity index is 2.15. The van der Waals surface area contributed by atoms with Crippen molar-refractivity contribution in [3.05, 3.63) is 0 Å². The lowest BCUT2D eigenvalue weighted by Gasteiger charge is -2.48. The average molecular weight is 366 g/mol. The van der Waals surface area contributed by atoms with Gasteiger partial charge in [0.2, 0.25) is 0 Å². The van der Waals surface area contributed by atoms with E-state index >= 15 is 0 Å². The normalized spacial score (nSPS) is 49.2. The predicted octanol–water partition coefficient (Wildman–Crippen LogP) is -2.27. The molecule has 0 bridgehead atoms. The SMILES string of the molecule is C[C@H]1OC(O[C@H]2[C@H](O)[C@@H](O)[C@H](C(C)(C)C)O[C@@H]2CO)[C@H](O)[C@@H](O)[C@@H]1O. The van der Waals surface area contributed by atoms with Crippen molar-refractivity contribution in [2.45, 2.75) is 88.9 Å². The van der Waals surface area contributed by atoms with Crippen molar-refractivity contribution in [3.8, 4) is 0 Å². The van der Waals surface area contributed by atoms with Crippen LogP contribution < -0.4 is 0 Å². The Morgan fingerprint density at radius 3 is 1.96 bits per heavy atom. The van der Waals surface area contributed by atoms with Gasteiger partial charge in [0.15, 0.2) is 6.29 Å². The van der Waals surface area contributed by atoms with Crippen molar-refractivity contribution in [1.82, 2.24) is 0 Å². The van der Waals surface area contributed by atoms with E-state index in [-0.39, 0.29) is 0 Å². The van der Waals surface area contributed by atoms with Crippen LogP contribution in [0.3, 0.4) is 0 Å². The third-order valence-corrected chi connectivity index (χ3v) is 4.82. The smallest absolute Gasteiger partial charge is 0.187 e. The Hall–Kier alpha value is -0.360. The lowest BCUT2D eigenvalue weighted by atomic mass is 9.80. The van der Waals surface area contributed by atoms with Crippen molar-refractivity contribution in [1.29, 1.82) is 0 Å². The highest BCUT2D eigenvalue weighted by atomic mass is 16.7. The summed E-state index contributed by atoms with van der Waals surface area (Å²) in [6, 6.07) is 0. The number of hydrogen-bond donors (Lipinski definition) is 6. The molecule has 1 unspecified atom stereocenters. The second-order valence-corrected chi connectivity index (χ2v) is 7.91. The number of ether oxygens (including phenoxy) is 3. The predicted molar refractivity (Wildman–Crippen MR) is 84.4 cm³/mol. The standard InChI is InChI=1S/C16H30O9/c1-6-8(18)9(19)12(22)15(23-6)25-13-7(5-17)24-14(16(2,3)4)11(21)10(13)20/h6-15,17-22H,5H2,1-4H3/t6-,7-,8-,9+,10-,11-,12-,13-,14-,15?/m1/s1. The third kappa shape index (κ3) is 4.15. The van der Waals surface area contributed by atoms with Crippen LogP contribution in [0.2, 0.25) is 0 Å². The minimum Gasteiger partial charge on any atom is -0.394 e. The summed E-state index contributed by atoms with van der Waals surface area (Å²) in [5.74, 6) is 0. The fraction of sp³-hybridized carbons (Fsp3) is 1.00. The molecule has 9 nitrogen and oxygen atoms in total. The summed E-state index contributed by atoms with van der Waals surface area (Å²) in [6.07, 6.45) is -12.1. The van der Waals surface area contributed by atoms with Crippen molar-refractivity contribution in [2.24, 2.45) is 5.41 Å². The van der Waals surface area contributed by atoms with Crippen LogP contribution in [0.1, 0.15) is 27.7 Å². The highest BCUT2D eigenvalue weighted by molar-refractivity contribution is 4.98. The van der Waals surface area contributed by atoms with Gasteiger partial charge >= 0.3 is 0 Å². The second kappa shape index (κ2) is 7.71. The molecular formula is C16H30O9. The van der Waals surface area contributed by atoms with Gasteiger partial charge in [0, 0.05) is 0 Å². The molecule has 2 heterocycles. The average Bonchev–Trinajstić information content (AvgIpc) is 2.53. The molecule has 0 spiro atoms. The molecule has 2 aliphatic rings. The second-order valence-electron chi connectivity index (χ2n) is 7.91. The maximum absolute atomic E-state index is 10.5. The molecule has 0 saturated carbocycles. The van der Waals surface area contributed by atoms with Crippen LogP contribution in [-0.4, -0.2) is 98.5 Å². The van der Waals surface area contributed by atoms with Crippen LogP contribution >= 0.6 is 0 Å². The maximum atomic E-state index is 10.5. The van der Waals surface area contributed by atoms with E-state index in [1.807, 2.05) is 20.8 Å². The van der Waals surface area contributed by atoms with E-state index in [1.165, 1.54) is 6.92 Å². The molecule has 0 aliphatic carbocycles. The lowest BCUT2D eigenvalue weighted by molar-refractivity contribution is -0.341. The van der Waals surface area contributed by atoms with Crippen LogP contribution in [-0.2, 0) is 14.2 Å². The van der Waals surface area contributed by atoms with Crippen molar-refractivity contribution in [3.63, 3.8) is 0 Å². The van der Waals surface area contributed by atoms with Crippen molar-refractivity contribution in [2.75, 3.05) is 6.61 Å². The Bertz CT molecular complexity index is 438. The van der Waals surface area contributed by atoms with Crippen LogP contribution in [0, 0.1) is 5.41 Å². The number of aliphatic hydroxyl groups is 6. The minimum atomic E-state index is -1.56. The van der Waals surface area contributed by atoms with Gasteiger partial charge in [-0.05, 0) is 12.3 Å². The topological polar surface area (TPSA) is 149 Å². The van der Waals surface area contributed by atoms with Crippen molar-refractivity contribution >= 4 is 0 Å². The Morgan fingerprint density at radius 1 is 0.840 bits per heavy atom. The maximum Gasteiger partial charge on any atom is 0.187 e. The van der Waals surface area contributed by atoms with Gasteiger partial charge in [-0.25, -0.2) is 0 Å². The minimum absolute atomic E-state index is 0.482. The largest absolute Gasteiger partial charge is 0.394 e. The lowest BCUT2D eigenvalue weighted by Crippen LogP contribution is -2.65. The van der Waals surface area contributed by atoms with E-state index in [0.717, 1.165) is 0 Å². The van der Waals surface area contributed by atoms with Gasteiger partial charge in [0.25, 0.3) is 0 Å². The molecule has 10 atom stereocenters. The first-order chi connectivity index (χ1) is 11.5. The van der Waals surface area contributed by atoms with Crippen LogP contribution in [0.4, 0.5) is 0 Å². The van der Waals surface area contributed by atoms with Gasteiger partial charge in [0.05, 0.1) is 18.8 Å². The molecule has 25 heavy (non-hydrogen) atoms. The van der Waals surface area contributed by atoms with Gasteiger partial charge in [-0.15, -0.1) is 0 Å². The fourth-order valence-electron chi connectivity index (χ4n) is 3.25. The zero-order valence-electron chi connectivity index (χ0n) is 14.9. The van der Waals surface area contributed by atoms with E-state index in [2.05, 4.69) is 0 Å². The van der Waals surface area contributed by atoms with Crippen LogP contribution in [0.15, 0.2) is 0 Å². The molecule has 0 radical (unpaired) electrons. The summed E-state index contributed by atoms with van der Waals surface area (Å²) >= 11 is 0. The summed E-state index contributed by atoms with van der Waals surface area (Å²) in [5.41, 5.74) is -0.492. The van der Waals surface area contributed by atoms with Crippen LogP contribution in [0.5, 0.6) is 0 Å². The molecular weight excluding hydrogens is 336 g/mol. The van der Waals surface area contributed by atoms with E-state index in [1.54, 1.807) is 0 Å². The highest BCUT2D eigenvalue weighted by Crippen LogP contribution is 2.35.